The Balaban J connectivity index is 1.46. The van der Waals surface area contributed by atoms with Gasteiger partial charge in [0.15, 0.2) is 0 Å². The zero-order valence-corrected chi connectivity index (χ0v) is 10.2. The number of rotatable bonds is 7. The first-order chi connectivity index (χ1) is 8.40. The van der Waals surface area contributed by atoms with Crippen molar-refractivity contribution in [1.29, 1.82) is 0 Å². The van der Waals surface area contributed by atoms with Gasteiger partial charge in [-0.1, -0.05) is 12.8 Å². The Hall–Kier alpha value is -1.09. The van der Waals surface area contributed by atoms with E-state index in [2.05, 4.69) is 22.4 Å². The summed E-state index contributed by atoms with van der Waals surface area (Å²) in [5.41, 5.74) is 1.27. The van der Waals surface area contributed by atoms with Crippen molar-refractivity contribution in [2.24, 2.45) is 5.92 Å². The molecule has 17 heavy (non-hydrogen) atoms. The summed E-state index contributed by atoms with van der Waals surface area (Å²) in [6, 6.07) is 4.87. The third-order valence-electron chi connectivity index (χ3n) is 3.44. The van der Waals surface area contributed by atoms with Crippen molar-refractivity contribution in [2.45, 2.75) is 44.7 Å². The smallest absolute Gasteiger partial charge is 0.213 e. The lowest BCUT2D eigenvalue weighted by atomic mass is 10.2. The van der Waals surface area contributed by atoms with Gasteiger partial charge in [-0.15, -0.1) is 0 Å². The minimum absolute atomic E-state index is 0.752. The Morgan fingerprint density at radius 2 is 2.18 bits per heavy atom. The van der Waals surface area contributed by atoms with Crippen LogP contribution in [0.3, 0.4) is 0 Å². The molecule has 2 saturated carbocycles. The third kappa shape index (κ3) is 3.70. The van der Waals surface area contributed by atoms with Gasteiger partial charge in [-0.25, -0.2) is 4.98 Å². The molecule has 0 amide bonds. The highest BCUT2D eigenvalue weighted by Gasteiger charge is 2.21. The van der Waals surface area contributed by atoms with Crippen molar-refractivity contribution < 1.29 is 4.74 Å². The van der Waals surface area contributed by atoms with Crippen LogP contribution in [0, 0.1) is 5.92 Å². The van der Waals surface area contributed by atoms with Crippen molar-refractivity contribution >= 4 is 0 Å². The molecule has 92 valence electrons. The van der Waals surface area contributed by atoms with E-state index in [-0.39, 0.29) is 0 Å². The topological polar surface area (TPSA) is 34.1 Å². The minimum Gasteiger partial charge on any atom is -0.478 e. The summed E-state index contributed by atoms with van der Waals surface area (Å²) in [6.07, 6.45) is 8.47. The Kier molecular flexibility index (Phi) is 3.27. The molecule has 0 aromatic carbocycles. The molecule has 1 N–H and O–H groups in total. The summed E-state index contributed by atoms with van der Waals surface area (Å²) in [5.74, 6) is 1.70. The fourth-order valence-corrected chi connectivity index (χ4v) is 1.93. The maximum absolute atomic E-state index is 5.68. The van der Waals surface area contributed by atoms with E-state index in [9.17, 15) is 0 Å². The summed E-state index contributed by atoms with van der Waals surface area (Å²) in [4.78, 5) is 4.25. The van der Waals surface area contributed by atoms with E-state index in [1.54, 1.807) is 0 Å². The van der Waals surface area contributed by atoms with E-state index >= 15 is 0 Å². The molecule has 0 saturated heterocycles. The highest BCUT2D eigenvalue weighted by Crippen LogP contribution is 2.32. The number of nitrogens with zero attached hydrogens (tertiary/aromatic N) is 1. The van der Waals surface area contributed by atoms with Crippen LogP contribution in [0.15, 0.2) is 18.3 Å². The summed E-state index contributed by atoms with van der Waals surface area (Å²) < 4.78 is 5.68. The molecule has 3 nitrogen and oxygen atoms in total. The summed E-state index contributed by atoms with van der Waals surface area (Å²) in [7, 11) is 0. The second-order valence-electron chi connectivity index (χ2n) is 5.24. The maximum atomic E-state index is 5.68. The fourth-order valence-electron chi connectivity index (χ4n) is 1.93. The normalized spacial score (nSPS) is 19.3. The van der Waals surface area contributed by atoms with Crippen LogP contribution in [0.1, 0.15) is 37.7 Å². The zero-order valence-electron chi connectivity index (χ0n) is 10.2. The van der Waals surface area contributed by atoms with Crippen molar-refractivity contribution in [3.8, 4) is 5.88 Å². The molecule has 3 rings (SSSR count). The van der Waals surface area contributed by atoms with Gasteiger partial charge >= 0.3 is 0 Å². The van der Waals surface area contributed by atoms with Gasteiger partial charge in [-0.2, -0.15) is 0 Å². The second-order valence-corrected chi connectivity index (χ2v) is 5.24. The summed E-state index contributed by atoms with van der Waals surface area (Å²) >= 11 is 0. The van der Waals surface area contributed by atoms with E-state index in [0.717, 1.165) is 31.0 Å². The molecule has 2 fully saturated rings. The molecule has 1 aromatic rings. The first-order valence-corrected chi connectivity index (χ1v) is 6.71. The van der Waals surface area contributed by atoms with Crippen LogP contribution in [0.2, 0.25) is 0 Å². The van der Waals surface area contributed by atoms with Crippen LogP contribution in [-0.4, -0.2) is 17.6 Å². The Morgan fingerprint density at radius 3 is 2.94 bits per heavy atom. The van der Waals surface area contributed by atoms with Crippen LogP contribution in [0.25, 0.3) is 0 Å². The van der Waals surface area contributed by atoms with E-state index < -0.39 is 0 Å². The molecule has 0 bridgehead atoms. The molecule has 3 heteroatoms. The lowest BCUT2D eigenvalue weighted by molar-refractivity contribution is 0.291. The molecule has 1 aromatic heterocycles. The van der Waals surface area contributed by atoms with Gasteiger partial charge in [0.2, 0.25) is 5.88 Å². The number of aromatic nitrogens is 1. The molecular weight excluding hydrogens is 212 g/mol. The molecule has 2 aliphatic carbocycles. The largest absolute Gasteiger partial charge is 0.478 e. The lowest BCUT2D eigenvalue weighted by Crippen LogP contribution is -2.15. The van der Waals surface area contributed by atoms with Gasteiger partial charge < -0.3 is 10.1 Å². The first kappa shape index (κ1) is 11.0. The monoisotopic (exact) mass is 232 g/mol. The Morgan fingerprint density at radius 1 is 1.29 bits per heavy atom. The standard InChI is InChI=1S/C14H20N2O/c1-2-11(1)6-8-17-14-9-12(5-7-15-14)10-16-13-3-4-13/h5,7,9,11,13,16H,1-4,6,8,10H2. The SMILES string of the molecule is c1cc(CNC2CC2)cc(OCCC2CC2)n1. The number of nitrogens with one attached hydrogen (secondary N) is 1. The Bertz CT molecular complexity index is 372. The first-order valence-electron chi connectivity index (χ1n) is 6.71. The quantitative estimate of drug-likeness (QED) is 0.784. The van der Waals surface area contributed by atoms with Crippen LogP contribution >= 0.6 is 0 Å². The molecule has 0 atom stereocenters. The van der Waals surface area contributed by atoms with Gasteiger partial charge in [-0.3, -0.25) is 0 Å². The molecule has 0 aliphatic heterocycles. The van der Waals surface area contributed by atoms with Crippen LogP contribution in [0.5, 0.6) is 5.88 Å². The number of ether oxygens (including phenoxy) is 1. The Labute approximate surface area is 103 Å². The highest BCUT2D eigenvalue weighted by molar-refractivity contribution is 5.20. The molecular formula is C14H20N2O. The summed E-state index contributed by atoms with van der Waals surface area (Å²) in [6.45, 7) is 1.75. The number of pyridine rings is 1. The fraction of sp³-hybridized carbons (Fsp3) is 0.643. The van der Waals surface area contributed by atoms with E-state index in [4.69, 9.17) is 4.74 Å². The molecule has 0 unspecified atom stereocenters. The maximum Gasteiger partial charge on any atom is 0.213 e. The second kappa shape index (κ2) is 5.05. The van der Waals surface area contributed by atoms with Gasteiger partial charge in [0.25, 0.3) is 0 Å². The zero-order chi connectivity index (χ0) is 11.5. The van der Waals surface area contributed by atoms with Gasteiger partial charge in [0, 0.05) is 24.8 Å². The molecule has 0 spiro atoms. The van der Waals surface area contributed by atoms with Crippen molar-refractivity contribution in [3.63, 3.8) is 0 Å². The molecule has 2 aliphatic rings. The average molecular weight is 232 g/mol. The highest BCUT2D eigenvalue weighted by atomic mass is 16.5. The minimum atomic E-state index is 0.752. The van der Waals surface area contributed by atoms with Gasteiger partial charge in [0.05, 0.1) is 6.61 Å². The van der Waals surface area contributed by atoms with Crippen LogP contribution in [-0.2, 0) is 6.54 Å². The van der Waals surface area contributed by atoms with Crippen LogP contribution < -0.4 is 10.1 Å². The van der Waals surface area contributed by atoms with E-state index in [0.29, 0.717) is 0 Å². The number of hydrogen-bond acceptors (Lipinski definition) is 3. The van der Waals surface area contributed by atoms with Crippen molar-refractivity contribution in [2.75, 3.05) is 6.61 Å². The van der Waals surface area contributed by atoms with Gasteiger partial charge in [0.1, 0.15) is 0 Å². The average Bonchev–Trinajstić information content (AvgIpc) is 3.22. The van der Waals surface area contributed by atoms with Crippen molar-refractivity contribution in [1.82, 2.24) is 10.3 Å². The lowest BCUT2D eigenvalue weighted by Gasteiger charge is -2.07. The van der Waals surface area contributed by atoms with E-state index in [1.807, 2.05) is 6.20 Å². The molecule has 1 heterocycles. The molecule has 0 radical (unpaired) electrons. The summed E-state index contributed by atoms with van der Waals surface area (Å²) in [5, 5.41) is 3.50. The third-order valence-corrected chi connectivity index (χ3v) is 3.44. The predicted octanol–water partition coefficient (Wildman–Crippen LogP) is 2.51. The van der Waals surface area contributed by atoms with Gasteiger partial charge in [-0.05, 0) is 36.8 Å². The van der Waals surface area contributed by atoms with Crippen LogP contribution in [0.4, 0.5) is 0 Å². The number of hydrogen-bond donors (Lipinski definition) is 1. The van der Waals surface area contributed by atoms with Crippen molar-refractivity contribution in [3.05, 3.63) is 23.9 Å². The predicted molar refractivity (Wildman–Crippen MR) is 66.9 cm³/mol. The van der Waals surface area contributed by atoms with E-state index in [1.165, 1.54) is 37.7 Å².